The third-order valence-electron chi connectivity index (χ3n) is 7.11. The molecule has 0 radical (unpaired) electrons. The van der Waals surface area contributed by atoms with Crippen LogP contribution in [0.15, 0.2) is 58.2 Å². The van der Waals surface area contributed by atoms with Crippen molar-refractivity contribution >= 4 is 34.3 Å². The van der Waals surface area contributed by atoms with E-state index in [0.717, 1.165) is 39.0 Å². The number of nitrogen functional groups attached to an aromatic ring is 1. The predicted octanol–water partition coefficient (Wildman–Crippen LogP) is 7.19. The molecule has 5 nitrogen and oxygen atoms in total. The van der Waals surface area contributed by atoms with E-state index in [4.69, 9.17) is 10.5 Å². The van der Waals surface area contributed by atoms with Crippen molar-refractivity contribution in [1.82, 2.24) is 4.98 Å². The molecule has 35 heavy (non-hydrogen) atoms. The molecule has 0 bridgehead atoms. The van der Waals surface area contributed by atoms with Gasteiger partial charge in [0.25, 0.3) is 0 Å². The molecule has 186 valence electrons. The number of fused-ring (bicyclic) bond motifs is 1. The van der Waals surface area contributed by atoms with E-state index in [1.807, 2.05) is 25.3 Å². The van der Waals surface area contributed by atoms with Crippen LogP contribution in [-0.4, -0.2) is 21.7 Å². The van der Waals surface area contributed by atoms with Gasteiger partial charge in [0, 0.05) is 28.7 Å². The monoisotopic (exact) mass is 492 g/mol. The second kappa shape index (κ2) is 9.30. The van der Waals surface area contributed by atoms with Gasteiger partial charge >= 0.3 is 5.97 Å². The number of carbonyl (C=O) groups excluding carboxylic acids is 1. The molecule has 0 aliphatic carbocycles. The number of carbonyl (C=O) groups is 1. The summed E-state index contributed by atoms with van der Waals surface area (Å²) in [5, 5.41) is 12.3. The van der Waals surface area contributed by atoms with Gasteiger partial charge in [-0.3, -0.25) is 0 Å². The number of nitrogens with two attached hydrogens (primary N) is 1. The lowest BCUT2D eigenvalue weighted by Gasteiger charge is -2.40. The van der Waals surface area contributed by atoms with E-state index >= 15 is 0 Å². The van der Waals surface area contributed by atoms with Crippen LogP contribution in [0.3, 0.4) is 0 Å². The van der Waals surface area contributed by atoms with Crippen LogP contribution in [0.25, 0.3) is 10.9 Å². The summed E-state index contributed by atoms with van der Waals surface area (Å²) in [5.41, 5.74) is 10.3. The summed E-state index contributed by atoms with van der Waals surface area (Å²) in [7, 11) is 0. The zero-order valence-corrected chi connectivity index (χ0v) is 22.3. The van der Waals surface area contributed by atoms with Crippen LogP contribution in [0.4, 0.5) is 5.69 Å². The van der Waals surface area contributed by atoms with E-state index in [0.29, 0.717) is 12.8 Å². The van der Waals surface area contributed by atoms with E-state index in [-0.39, 0.29) is 22.0 Å². The van der Waals surface area contributed by atoms with Gasteiger partial charge < -0.3 is 20.6 Å². The summed E-state index contributed by atoms with van der Waals surface area (Å²) < 4.78 is 6.16. The van der Waals surface area contributed by atoms with Crippen LogP contribution in [0.2, 0.25) is 0 Å². The molecule has 2 heterocycles. The normalized spacial score (nSPS) is 19.0. The van der Waals surface area contributed by atoms with Crippen LogP contribution in [0.1, 0.15) is 64.2 Å². The van der Waals surface area contributed by atoms with E-state index in [9.17, 15) is 9.90 Å². The number of nitrogens with one attached hydrogen (secondary N) is 1. The molecule has 3 aromatic rings. The fraction of sp³-hybridized carbons (Fsp3) is 0.414. The Kier molecular flexibility index (Phi) is 6.71. The highest BCUT2D eigenvalue weighted by Crippen LogP contribution is 2.45. The summed E-state index contributed by atoms with van der Waals surface area (Å²) in [5.74, 6) is -0.293. The zero-order chi connectivity index (χ0) is 25.5. The Morgan fingerprint density at radius 2 is 1.94 bits per heavy atom. The molecule has 0 fully saturated rings. The van der Waals surface area contributed by atoms with Gasteiger partial charge in [0.05, 0.1) is 0 Å². The van der Waals surface area contributed by atoms with E-state index in [1.54, 1.807) is 0 Å². The number of aromatic nitrogens is 1. The third kappa shape index (κ3) is 5.08. The summed E-state index contributed by atoms with van der Waals surface area (Å²) in [6.07, 6.45) is 3.64. The number of esters is 1. The first-order valence-electron chi connectivity index (χ1n) is 12.2. The van der Waals surface area contributed by atoms with Gasteiger partial charge in [-0.2, -0.15) is 0 Å². The molecule has 1 atom stereocenters. The van der Waals surface area contributed by atoms with Crippen molar-refractivity contribution in [2.45, 2.75) is 76.7 Å². The summed E-state index contributed by atoms with van der Waals surface area (Å²) in [4.78, 5) is 17.7. The minimum atomic E-state index is -0.748. The van der Waals surface area contributed by atoms with E-state index < -0.39 is 11.6 Å². The first-order valence-corrected chi connectivity index (χ1v) is 13.0. The Morgan fingerprint density at radius 3 is 2.60 bits per heavy atom. The topological polar surface area (TPSA) is 88.3 Å². The number of anilines is 1. The number of aliphatic hydroxyl groups is 1. The van der Waals surface area contributed by atoms with Gasteiger partial charge in [-0.05, 0) is 83.5 Å². The van der Waals surface area contributed by atoms with Crippen LogP contribution < -0.4 is 5.73 Å². The van der Waals surface area contributed by atoms with E-state index in [1.165, 1.54) is 17.3 Å². The molecule has 0 spiro atoms. The minimum Gasteiger partial charge on any atom is -0.511 e. The van der Waals surface area contributed by atoms with Gasteiger partial charge in [-0.25, -0.2) is 4.79 Å². The molecule has 0 saturated heterocycles. The maximum Gasteiger partial charge on any atom is 0.349 e. The number of thioether (sulfide) groups is 1. The first kappa shape index (κ1) is 25.2. The maximum absolute atomic E-state index is 13.3. The summed E-state index contributed by atoms with van der Waals surface area (Å²) in [6.45, 7) is 12.4. The lowest BCUT2D eigenvalue weighted by atomic mass is 9.80. The minimum absolute atomic E-state index is 0.0556. The number of ether oxygens (including phenoxy) is 1. The molecule has 0 amide bonds. The molecule has 4 N–H and O–H groups in total. The molecular formula is C29H36N2O3S. The van der Waals surface area contributed by atoms with Crippen LogP contribution in [0.5, 0.6) is 0 Å². The molecule has 0 saturated carbocycles. The summed E-state index contributed by atoms with van der Waals surface area (Å²) >= 11 is 1.28. The molecule has 1 aliphatic heterocycles. The fourth-order valence-electron chi connectivity index (χ4n) is 4.69. The number of aromatic amines is 1. The second-order valence-electron chi connectivity index (χ2n) is 11.0. The van der Waals surface area contributed by atoms with Crippen molar-refractivity contribution in [3.63, 3.8) is 0 Å². The molecule has 2 aromatic carbocycles. The average molecular weight is 493 g/mol. The number of cyclic esters (lactones) is 1. The lowest BCUT2D eigenvalue weighted by molar-refractivity contribution is -0.164. The van der Waals surface area contributed by atoms with Crippen molar-refractivity contribution in [3.8, 4) is 0 Å². The predicted molar refractivity (Wildman–Crippen MR) is 145 cm³/mol. The lowest BCUT2D eigenvalue weighted by Crippen LogP contribution is -2.44. The Bertz CT molecular complexity index is 1300. The third-order valence-corrected chi connectivity index (χ3v) is 8.27. The Morgan fingerprint density at radius 1 is 1.20 bits per heavy atom. The highest BCUT2D eigenvalue weighted by Gasteiger charge is 2.44. The van der Waals surface area contributed by atoms with Crippen molar-refractivity contribution in [2.75, 3.05) is 5.73 Å². The highest BCUT2D eigenvalue weighted by atomic mass is 32.2. The van der Waals surface area contributed by atoms with Crippen molar-refractivity contribution in [2.24, 2.45) is 5.92 Å². The van der Waals surface area contributed by atoms with Crippen molar-refractivity contribution < 1.29 is 14.6 Å². The number of benzene rings is 2. The molecular weight excluding hydrogens is 456 g/mol. The molecule has 1 unspecified atom stereocenters. The Balaban J connectivity index is 1.61. The highest BCUT2D eigenvalue weighted by molar-refractivity contribution is 8.04. The van der Waals surface area contributed by atoms with E-state index in [2.05, 4.69) is 63.9 Å². The number of hydrogen-bond donors (Lipinski definition) is 3. The van der Waals surface area contributed by atoms with Crippen LogP contribution >= 0.6 is 11.8 Å². The quantitative estimate of drug-likeness (QED) is 0.250. The average Bonchev–Trinajstić information content (AvgIpc) is 3.24. The fourth-order valence-corrected chi connectivity index (χ4v) is 5.94. The van der Waals surface area contributed by atoms with Gasteiger partial charge in [-0.15, -0.1) is 0 Å². The largest absolute Gasteiger partial charge is 0.511 e. The zero-order valence-electron chi connectivity index (χ0n) is 21.5. The number of rotatable bonds is 6. The van der Waals surface area contributed by atoms with Crippen molar-refractivity contribution in [1.29, 1.82) is 0 Å². The van der Waals surface area contributed by atoms with Gasteiger partial charge in [0.1, 0.15) is 16.3 Å². The number of aliphatic hydroxyl groups excluding tert-OH is 1. The Hall–Kier alpha value is -2.86. The second-order valence-corrected chi connectivity index (χ2v) is 12.1. The standard InChI is InChI=1S/C29H36N2O3S/c1-17(2)29(11-9-19-7-8-23-20(14-19)10-12-31-23)16-24(32)26(27(33)34-29)35-25-13-18(3)22(30)15-21(25)28(4,5)6/h7-8,10,12-15,17,31-32H,9,11,16,30H2,1-6H3. The molecule has 1 aromatic heterocycles. The SMILES string of the molecule is Cc1cc(SC2=C(O)CC(CCc3ccc4[nH]ccc4c3)(C(C)C)OC2=O)c(C(C)(C)C)cc1N. The van der Waals surface area contributed by atoms with Gasteiger partial charge in [0.15, 0.2) is 0 Å². The van der Waals surface area contributed by atoms with Crippen LogP contribution in [0, 0.1) is 12.8 Å². The van der Waals surface area contributed by atoms with Crippen LogP contribution in [-0.2, 0) is 21.4 Å². The molecule has 6 heteroatoms. The number of aryl methyl sites for hydroxylation is 2. The maximum atomic E-state index is 13.3. The Labute approximate surface area is 212 Å². The van der Waals surface area contributed by atoms with Gasteiger partial charge in [-0.1, -0.05) is 52.4 Å². The number of hydrogen-bond acceptors (Lipinski definition) is 5. The smallest absolute Gasteiger partial charge is 0.349 e. The molecule has 4 rings (SSSR count). The molecule has 1 aliphatic rings. The van der Waals surface area contributed by atoms with Crippen molar-refractivity contribution in [3.05, 3.63) is 69.9 Å². The number of H-pyrrole nitrogens is 1. The summed E-state index contributed by atoms with van der Waals surface area (Å²) in [6, 6.07) is 12.4. The first-order chi connectivity index (χ1) is 16.4. The van der Waals surface area contributed by atoms with Gasteiger partial charge in [0.2, 0.25) is 0 Å².